The van der Waals surface area contributed by atoms with Gasteiger partial charge in [-0.15, -0.1) is 11.3 Å². The molecule has 2 aromatic rings. The molecule has 0 aliphatic rings. The minimum atomic E-state index is -0.942. The Morgan fingerprint density at radius 3 is 2.71 bits per heavy atom. The molecule has 0 saturated carbocycles. The maximum Gasteiger partial charge on any atom is 0.303 e. The molecule has 0 unspecified atom stereocenters. The van der Waals surface area contributed by atoms with Crippen LogP contribution in [0.1, 0.15) is 22.5 Å². The zero-order valence-electron chi connectivity index (χ0n) is 8.77. The molecule has 2 rings (SSSR count). The molecule has 0 spiro atoms. The van der Waals surface area contributed by atoms with Gasteiger partial charge >= 0.3 is 5.97 Å². The molecule has 1 N–H and O–H groups in total. The molecule has 17 heavy (non-hydrogen) atoms. The Balaban J connectivity index is 2.24. The SMILES string of the molecule is O=C(O)CCC(=O)c1cc2ccc(Br)cc2s1. The fourth-order valence-electron chi connectivity index (χ4n) is 1.49. The molecule has 1 aromatic heterocycles. The molecular weight excluding hydrogens is 304 g/mol. The molecule has 1 heterocycles. The Labute approximate surface area is 110 Å². The summed E-state index contributed by atoms with van der Waals surface area (Å²) in [5, 5.41) is 9.54. The quantitative estimate of drug-likeness (QED) is 0.876. The number of thiophene rings is 1. The van der Waals surface area contributed by atoms with Crippen molar-refractivity contribution in [2.24, 2.45) is 0 Å². The van der Waals surface area contributed by atoms with Crippen LogP contribution in [0.5, 0.6) is 0 Å². The summed E-state index contributed by atoms with van der Waals surface area (Å²) in [7, 11) is 0. The van der Waals surface area contributed by atoms with Crippen molar-refractivity contribution in [1.29, 1.82) is 0 Å². The van der Waals surface area contributed by atoms with Crippen LogP contribution in [0, 0.1) is 0 Å². The second-order valence-electron chi connectivity index (χ2n) is 3.61. The van der Waals surface area contributed by atoms with Crippen LogP contribution in [0.2, 0.25) is 0 Å². The van der Waals surface area contributed by atoms with Gasteiger partial charge in [-0.05, 0) is 23.6 Å². The number of Topliss-reactive ketones (excluding diaryl/α,β-unsaturated/α-hetero) is 1. The van der Waals surface area contributed by atoms with E-state index in [9.17, 15) is 9.59 Å². The summed E-state index contributed by atoms with van der Waals surface area (Å²) in [6, 6.07) is 7.62. The second kappa shape index (κ2) is 4.98. The van der Waals surface area contributed by atoms with Gasteiger partial charge in [-0.2, -0.15) is 0 Å². The highest BCUT2D eigenvalue weighted by Crippen LogP contribution is 2.29. The molecule has 0 amide bonds. The fourth-order valence-corrected chi connectivity index (χ4v) is 3.07. The maximum absolute atomic E-state index is 11.7. The predicted octanol–water partition coefficient (Wildman–Crippen LogP) is 3.71. The highest BCUT2D eigenvalue weighted by atomic mass is 79.9. The average Bonchev–Trinajstić information content (AvgIpc) is 2.68. The topological polar surface area (TPSA) is 54.4 Å². The molecule has 0 fully saturated rings. The third-order valence-corrected chi connectivity index (χ3v) is 3.96. The fraction of sp³-hybridized carbons (Fsp3) is 0.167. The number of carbonyl (C=O) groups is 2. The maximum atomic E-state index is 11.7. The zero-order valence-corrected chi connectivity index (χ0v) is 11.2. The molecule has 88 valence electrons. The molecule has 0 aliphatic carbocycles. The number of halogens is 1. The van der Waals surface area contributed by atoms with Crippen LogP contribution in [0.25, 0.3) is 10.1 Å². The van der Waals surface area contributed by atoms with Gasteiger partial charge in [-0.1, -0.05) is 22.0 Å². The standard InChI is InChI=1S/C12H9BrO3S/c13-8-2-1-7-5-11(17-10(7)6-8)9(14)3-4-12(15)16/h1-2,5-6H,3-4H2,(H,15,16). The summed E-state index contributed by atoms with van der Waals surface area (Å²) >= 11 is 4.77. The number of fused-ring (bicyclic) bond motifs is 1. The van der Waals surface area contributed by atoms with Crippen molar-refractivity contribution in [2.75, 3.05) is 0 Å². The van der Waals surface area contributed by atoms with Crippen LogP contribution in [-0.2, 0) is 4.79 Å². The summed E-state index contributed by atoms with van der Waals surface area (Å²) in [6.07, 6.45) is -0.0555. The smallest absolute Gasteiger partial charge is 0.303 e. The van der Waals surface area contributed by atoms with E-state index >= 15 is 0 Å². The molecule has 0 atom stereocenters. The van der Waals surface area contributed by atoms with Crippen molar-refractivity contribution in [3.05, 3.63) is 33.6 Å². The number of hydrogen-bond donors (Lipinski definition) is 1. The van der Waals surface area contributed by atoms with Crippen molar-refractivity contribution in [3.63, 3.8) is 0 Å². The van der Waals surface area contributed by atoms with Gasteiger partial charge in [0, 0.05) is 15.6 Å². The first kappa shape index (κ1) is 12.3. The van der Waals surface area contributed by atoms with Crippen molar-refractivity contribution in [3.8, 4) is 0 Å². The minimum absolute atomic E-state index is 0.0589. The van der Waals surface area contributed by atoms with Gasteiger partial charge in [-0.25, -0.2) is 0 Å². The van der Waals surface area contributed by atoms with Gasteiger partial charge in [0.25, 0.3) is 0 Å². The summed E-state index contributed by atoms with van der Waals surface area (Å²) < 4.78 is 1.99. The lowest BCUT2D eigenvalue weighted by Crippen LogP contribution is -2.01. The van der Waals surface area contributed by atoms with Gasteiger partial charge in [0.15, 0.2) is 5.78 Å². The van der Waals surface area contributed by atoms with Crippen LogP contribution < -0.4 is 0 Å². The van der Waals surface area contributed by atoms with Gasteiger partial charge in [0.05, 0.1) is 11.3 Å². The predicted molar refractivity (Wildman–Crippen MR) is 70.7 cm³/mol. The van der Waals surface area contributed by atoms with E-state index in [2.05, 4.69) is 15.9 Å². The van der Waals surface area contributed by atoms with E-state index < -0.39 is 5.97 Å². The van der Waals surface area contributed by atoms with E-state index in [1.807, 2.05) is 24.3 Å². The molecule has 0 bridgehead atoms. The highest BCUT2D eigenvalue weighted by molar-refractivity contribution is 9.10. The van der Waals surface area contributed by atoms with Crippen molar-refractivity contribution >= 4 is 49.1 Å². The Morgan fingerprint density at radius 2 is 2.00 bits per heavy atom. The minimum Gasteiger partial charge on any atom is -0.481 e. The van der Waals surface area contributed by atoms with E-state index in [1.54, 1.807) is 0 Å². The third-order valence-electron chi connectivity index (χ3n) is 2.32. The van der Waals surface area contributed by atoms with Crippen LogP contribution in [0.3, 0.4) is 0 Å². The van der Waals surface area contributed by atoms with Gasteiger partial charge < -0.3 is 5.11 Å². The van der Waals surface area contributed by atoms with Gasteiger partial charge in [0.2, 0.25) is 0 Å². The van der Waals surface area contributed by atoms with E-state index in [-0.39, 0.29) is 18.6 Å². The largest absolute Gasteiger partial charge is 0.481 e. The summed E-state index contributed by atoms with van der Waals surface area (Å²) in [4.78, 5) is 22.8. The second-order valence-corrected chi connectivity index (χ2v) is 5.61. The summed E-state index contributed by atoms with van der Waals surface area (Å²) in [5.74, 6) is -1.05. The molecule has 5 heteroatoms. The number of aliphatic carboxylic acids is 1. The average molecular weight is 313 g/mol. The Hall–Kier alpha value is -1.20. The number of benzene rings is 1. The van der Waals surface area contributed by atoms with Gasteiger partial charge in [-0.3, -0.25) is 9.59 Å². The zero-order chi connectivity index (χ0) is 12.4. The first-order valence-electron chi connectivity index (χ1n) is 5.00. The monoisotopic (exact) mass is 312 g/mol. The lowest BCUT2D eigenvalue weighted by Gasteiger charge is -1.92. The Kier molecular flexibility index (Phi) is 3.59. The van der Waals surface area contributed by atoms with Crippen molar-refractivity contribution < 1.29 is 14.7 Å². The van der Waals surface area contributed by atoms with E-state index in [4.69, 9.17) is 5.11 Å². The van der Waals surface area contributed by atoms with Crippen LogP contribution >= 0.6 is 27.3 Å². The number of carboxylic acids is 1. The molecule has 0 aliphatic heterocycles. The number of ketones is 1. The third kappa shape index (κ3) is 2.92. The first-order valence-corrected chi connectivity index (χ1v) is 6.61. The molecule has 0 saturated heterocycles. The summed E-state index contributed by atoms with van der Waals surface area (Å²) in [6.45, 7) is 0. The molecule has 3 nitrogen and oxygen atoms in total. The number of carbonyl (C=O) groups excluding carboxylic acids is 1. The number of hydrogen-bond acceptors (Lipinski definition) is 3. The van der Waals surface area contributed by atoms with Crippen molar-refractivity contribution in [2.45, 2.75) is 12.8 Å². The van der Waals surface area contributed by atoms with Crippen LogP contribution in [0.15, 0.2) is 28.7 Å². The molecular formula is C12H9BrO3S. The van der Waals surface area contributed by atoms with Crippen LogP contribution in [0.4, 0.5) is 0 Å². The van der Waals surface area contributed by atoms with Gasteiger partial charge in [0.1, 0.15) is 0 Å². The number of rotatable bonds is 4. The normalized spacial score (nSPS) is 10.6. The van der Waals surface area contributed by atoms with Crippen molar-refractivity contribution in [1.82, 2.24) is 0 Å². The van der Waals surface area contributed by atoms with Crippen LogP contribution in [-0.4, -0.2) is 16.9 Å². The lowest BCUT2D eigenvalue weighted by atomic mass is 10.2. The highest BCUT2D eigenvalue weighted by Gasteiger charge is 2.12. The molecule has 1 aromatic carbocycles. The van der Waals surface area contributed by atoms with E-state index in [0.29, 0.717) is 4.88 Å². The van der Waals surface area contributed by atoms with E-state index in [0.717, 1.165) is 14.6 Å². The number of carboxylic acid groups (broad SMARTS) is 1. The first-order chi connectivity index (χ1) is 8.06. The molecule has 0 radical (unpaired) electrons. The Bertz CT molecular complexity index is 588. The van der Waals surface area contributed by atoms with E-state index in [1.165, 1.54) is 11.3 Å². The summed E-state index contributed by atoms with van der Waals surface area (Å²) in [5.41, 5.74) is 0. The Morgan fingerprint density at radius 1 is 1.24 bits per heavy atom. The lowest BCUT2D eigenvalue weighted by molar-refractivity contribution is -0.136.